The summed E-state index contributed by atoms with van der Waals surface area (Å²) in [6.07, 6.45) is 1.75. The van der Waals surface area contributed by atoms with Gasteiger partial charge in [-0.3, -0.25) is 28.9 Å². The van der Waals surface area contributed by atoms with Gasteiger partial charge in [0.05, 0.1) is 11.0 Å². The van der Waals surface area contributed by atoms with Crippen molar-refractivity contribution in [2.24, 2.45) is 7.05 Å². The van der Waals surface area contributed by atoms with Crippen LogP contribution in [0.4, 0.5) is 5.69 Å². The number of nitrogens with zero attached hydrogens (tertiary/aromatic N) is 4. The Bertz CT molecular complexity index is 1000. The first-order valence-corrected chi connectivity index (χ1v) is 10.7. The van der Waals surface area contributed by atoms with Crippen molar-refractivity contribution in [1.82, 2.24) is 24.7 Å². The molecule has 2 aliphatic heterocycles. The highest BCUT2D eigenvalue weighted by Crippen LogP contribution is 2.27. The van der Waals surface area contributed by atoms with Crippen LogP contribution >= 0.6 is 0 Å². The van der Waals surface area contributed by atoms with E-state index in [0.717, 1.165) is 62.4 Å². The number of imide groups is 1. The third-order valence-corrected chi connectivity index (χ3v) is 6.23. The normalized spacial score (nSPS) is 20.7. The minimum Gasteiger partial charge on any atom is -0.369 e. The lowest BCUT2D eigenvalue weighted by atomic mass is 10.1. The van der Waals surface area contributed by atoms with E-state index in [1.54, 1.807) is 11.6 Å². The number of imidazole rings is 1. The second-order valence-electron chi connectivity index (χ2n) is 8.14. The van der Waals surface area contributed by atoms with Crippen LogP contribution in [0.25, 0.3) is 11.0 Å². The van der Waals surface area contributed by atoms with Crippen LogP contribution in [0.3, 0.4) is 0 Å². The molecule has 2 aromatic rings. The molecule has 1 atom stereocenters. The summed E-state index contributed by atoms with van der Waals surface area (Å²) >= 11 is 0. The molecule has 162 valence electrons. The maximum Gasteiger partial charge on any atom is 0.329 e. The van der Waals surface area contributed by atoms with Crippen LogP contribution in [0.2, 0.25) is 0 Å². The number of benzene rings is 1. The maximum absolute atomic E-state index is 12.9. The van der Waals surface area contributed by atoms with Gasteiger partial charge >= 0.3 is 5.69 Å². The molecule has 2 aliphatic rings. The molecule has 0 unspecified atom stereocenters. The first kappa shape index (κ1) is 20.6. The number of fused-ring (bicyclic) bond motifs is 1. The summed E-state index contributed by atoms with van der Waals surface area (Å²) in [4.78, 5) is 41.6. The van der Waals surface area contributed by atoms with Crippen molar-refractivity contribution in [3.63, 3.8) is 0 Å². The van der Waals surface area contributed by atoms with Gasteiger partial charge in [0.2, 0.25) is 11.8 Å². The summed E-state index contributed by atoms with van der Waals surface area (Å²) in [6, 6.07) is 5.34. The molecule has 0 spiro atoms. The Hall–Kier alpha value is -2.65. The molecule has 2 amide bonds. The fraction of sp³-hybridized carbons (Fsp3) is 0.571. The van der Waals surface area contributed by atoms with E-state index >= 15 is 0 Å². The Morgan fingerprint density at radius 1 is 1.10 bits per heavy atom. The zero-order valence-corrected chi connectivity index (χ0v) is 17.7. The van der Waals surface area contributed by atoms with Gasteiger partial charge in [0.1, 0.15) is 6.04 Å². The summed E-state index contributed by atoms with van der Waals surface area (Å²) < 4.78 is 3.12. The van der Waals surface area contributed by atoms with E-state index in [-0.39, 0.29) is 18.0 Å². The van der Waals surface area contributed by atoms with Gasteiger partial charge in [-0.15, -0.1) is 0 Å². The van der Waals surface area contributed by atoms with Gasteiger partial charge in [-0.25, -0.2) is 4.79 Å². The molecule has 0 bridgehead atoms. The van der Waals surface area contributed by atoms with Crippen molar-refractivity contribution in [1.29, 1.82) is 0 Å². The maximum atomic E-state index is 12.9. The number of carbonyl (C=O) groups excluding carboxylic acids is 2. The Labute approximate surface area is 175 Å². The highest BCUT2D eigenvalue weighted by molar-refractivity contribution is 6.00. The number of hydrogen-bond acceptors (Lipinski definition) is 6. The number of aromatic nitrogens is 2. The molecule has 2 N–H and O–H groups in total. The zero-order chi connectivity index (χ0) is 21.3. The van der Waals surface area contributed by atoms with Gasteiger partial charge < -0.3 is 10.2 Å². The molecule has 1 aromatic heterocycles. The van der Waals surface area contributed by atoms with E-state index in [4.69, 9.17) is 0 Å². The van der Waals surface area contributed by atoms with Crippen molar-refractivity contribution >= 4 is 28.5 Å². The number of anilines is 1. The molecule has 4 rings (SSSR count). The number of piperazine rings is 1. The SMILES string of the molecule is CNCCCN1CCN(c2ccc3c(c2)n(C)c(=O)n3[C@@H]2CCC(=O)NC2=O)CC1. The molecule has 0 aliphatic carbocycles. The van der Waals surface area contributed by atoms with E-state index in [0.29, 0.717) is 6.42 Å². The van der Waals surface area contributed by atoms with Crippen LogP contribution in [-0.4, -0.2) is 72.2 Å². The largest absolute Gasteiger partial charge is 0.369 e. The quantitative estimate of drug-likeness (QED) is 0.513. The van der Waals surface area contributed by atoms with Crippen molar-refractivity contribution in [3.05, 3.63) is 28.7 Å². The Morgan fingerprint density at radius 2 is 1.87 bits per heavy atom. The Balaban J connectivity index is 1.54. The lowest BCUT2D eigenvalue weighted by Crippen LogP contribution is -2.46. The average molecular weight is 415 g/mol. The van der Waals surface area contributed by atoms with Gasteiger partial charge in [-0.05, 0) is 51.2 Å². The average Bonchev–Trinajstić information content (AvgIpc) is 2.99. The van der Waals surface area contributed by atoms with Crippen molar-refractivity contribution in [3.8, 4) is 0 Å². The molecular formula is C21H30N6O3. The number of rotatable bonds is 6. The minimum absolute atomic E-state index is 0.231. The zero-order valence-electron chi connectivity index (χ0n) is 17.7. The van der Waals surface area contributed by atoms with Gasteiger partial charge in [0, 0.05) is 45.3 Å². The standard InChI is InChI=1S/C21H30N6O3/c1-22-8-3-9-25-10-12-26(13-11-25)15-4-5-16-18(14-15)24(2)21(30)27(16)17-6-7-19(28)23-20(17)29/h4-5,14,17,22H,3,6-13H2,1-2H3,(H,23,28,29)/t17-/m1/s1. The van der Waals surface area contributed by atoms with Gasteiger partial charge in [0.15, 0.2) is 0 Å². The fourth-order valence-electron chi connectivity index (χ4n) is 4.49. The van der Waals surface area contributed by atoms with Gasteiger partial charge in [0.25, 0.3) is 0 Å². The number of amides is 2. The lowest BCUT2D eigenvalue weighted by Gasteiger charge is -2.36. The monoisotopic (exact) mass is 414 g/mol. The van der Waals surface area contributed by atoms with Crippen LogP contribution in [0.1, 0.15) is 25.3 Å². The van der Waals surface area contributed by atoms with E-state index < -0.39 is 11.9 Å². The van der Waals surface area contributed by atoms with Crippen LogP contribution in [0.5, 0.6) is 0 Å². The summed E-state index contributed by atoms with van der Waals surface area (Å²) in [5.74, 6) is -0.684. The number of carbonyl (C=O) groups is 2. The van der Waals surface area contributed by atoms with Crippen molar-refractivity contribution in [2.75, 3.05) is 51.2 Å². The molecule has 2 fully saturated rings. The predicted octanol–water partition coefficient (Wildman–Crippen LogP) is 0.0492. The second-order valence-corrected chi connectivity index (χ2v) is 8.14. The fourth-order valence-corrected chi connectivity index (χ4v) is 4.49. The molecule has 0 radical (unpaired) electrons. The van der Waals surface area contributed by atoms with Crippen LogP contribution in [-0.2, 0) is 16.6 Å². The molecular weight excluding hydrogens is 384 g/mol. The highest BCUT2D eigenvalue weighted by atomic mass is 16.2. The van der Waals surface area contributed by atoms with E-state index in [2.05, 4.69) is 20.4 Å². The summed E-state index contributed by atoms with van der Waals surface area (Å²) in [5, 5.41) is 5.54. The number of piperidine rings is 1. The van der Waals surface area contributed by atoms with Gasteiger partial charge in [-0.1, -0.05) is 0 Å². The van der Waals surface area contributed by atoms with Crippen LogP contribution < -0.4 is 21.2 Å². The first-order valence-electron chi connectivity index (χ1n) is 10.7. The summed E-state index contributed by atoms with van der Waals surface area (Å²) in [5.41, 5.74) is 2.39. The third-order valence-electron chi connectivity index (χ3n) is 6.23. The van der Waals surface area contributed by atoms with Crippen molar-refractivity contribution in [2.45, 2.75) is 25.3 Å². The summed E-state index contributed by atoms with van der Waals surface area (Å²) in [6.45, 7) is 6.10. The van der Waals surface area contributed by atoms with Crippen LogP contribution in [0.15, 0.2) is 23.0 Å². The van der Waals surface area contributed by atoms with Crippen LogP contribution in [0, 0.1) is 0 Å². The van der Waals surface area contributed by atoms with E-state index in [9.17, 15) is 14.4 Å². The lowest BCUT2D eigenvalue weighted by molar-refractivity contribution is -0.135. The molecule has 9 nitrogen and oxygen atoms in total. The molecule has 1 aromatic carbocycles. The topological polar surface area (TPSA) is 91.6 Å². The Morgan fingerprint density at radius 3 is 2.57 bits per heavy atom. The highest BCUT2D eigenvalue weighted by Gasteiger charge is 2.31. The minimum atomic E-state index is -0.647. The van der Waals surface area contributed by atoms with E-state index in [1.165, 1.54) is 4.57 Å². The van der Waals surface area contributed by atoms with E-state index in [1.807, 2.05) is 25.2 Å². The number of hydrogen-bond donors (Lipinski definition) is 2. The number of nitrogens with one attached hydrogen (secondary N) is 2. The number of aryl methyl sites for hydroxylation is 1. The molecule has 2 saturated heterocycles. The third kappa shape index (κ3) is 3.87. The first-order chi connectivity index (χ1) is 14.5. The molecule has 3 heterocycles. The summed E-state index contributed by atoms with van der Waals surface area (Å²) in [7, 11) is 3.71. The van der Waals surface area contributed by atoms with Gasteiger partial charge in [-0.2, -0.15) is 0 Å². The smallest absolute Gasteiger partial charge is 0.329 e. The second kappa shape index (κ2) is 8.61. The molecule has 0 saturated carbocycles. The Kier molecular flexibility index (Phi) is 5.92. The molecule has 30 heavy (non-hydrogen) atoms. The van der Waals surface area contributed by atoms with Crippen molar-refractivity contribution < 1.29 is 9.59 Å². The molecule has 9 heteroatoms. The predicted molar refractivity (Wildman–Crippen MR) is 116 cm³/mol.